The lowest BCUT2D eigenvalue weighted by Crippen LogP contribution is -2.05. The average Bonchev–Trinajstić information content (AvgIpc) is 2.84. The SMILES string of the molecule is O=C(CCc1ccc(Cl)nc1)Cc1ccc(COc2ccccc2-c2ccccc2)cc1. The lowest BCUT2D eigenvalue weighted by molar-refractivity contribution is -0.118. The molecule has 4 heteroatoms. The molecule has 0 amide bonds. The fraction of sp³-hybridized carbons (Fsp3) is 0.143. The Morgan fingerprint density at radius 3 is 2.22 bits per heavy atom. The van der Waals surface area contributed by atoms with E-state index >= 15 is 0 Å². The Balaban J connectivity index is 1.31. The van der Waals surface area contributed by atoms with Crippen LogP contribution < -0.4 is 4.74 Å². The molecule has 0 unspecified atom stereocenters. The number of aromatic nitrogens is 1. The van der Waals surface area contributed by atoms with Crippen molar-refractivity contribution in [1.82, 2.24) is 4.98 Å². The molecule has 4 aromatic rings. The zero-order chi connectivity index (χ0) is 22.2. The number of benzene rings is 3. The number of aryl methyl sites for hydroxylation is 1. The molecule has 0 N–H and O–H groups in total. The molecule has 32 heavy (non-hydrogen) atoms. The van der Waals surface area contributed by atoms with Crippen LogP contribution in [-0.4, -0.2) is 10.8 Å². The predicted octanol–water partition coefficient (Wildman–Crippen LogP) is 6.73. The van der Waals surface area contributed by atoms with Gasteiger partial charge in [0.05, 0.1) is 0 Å². The molecule has 3 nitrogen and oxygen atoms in total. The van der Waals surface area contributed by atoms with Crippen LogP contribution in [-0.2, 0) is 24.2 Å². The largest absolute Gasteiger partial charge is 0.488 e. The normalized spacial score (nSPS) is 10.7. The lowest BCUT2D eigenvalue weighted by Gasteiger charge is -2.12. The first-order valence-electron chi connectivity index (χ1n) is 10.6. The lowest BCUT2D eigenvalue weighted by atomic mass is 10.0. The standard InChI is InChI=1S/C28H24ClNO2/c29-28-17-15-22(19-30-28)14-16-25(31)18-21-10-12-23(13-11-21)20-32-27-9-5-4-8-26(27)24-6-2-1-3-7-24/h1-13,15,17,19H,14,16,18,20H2. The van der Waals surface area contributed by atoms with Crippen molar-refractivity contribution in [3.63, 3.8) is 0 Å². The van der Waals surface area contributed by atoms with Crippen LogP contribution in [0, 0.1) is 0 Å². The van der Waals surface area contributed by atoms with Crippen LogP contribution in [0.1, 0.15) is 23.1 Å². The summed E-state index contributed by atoms with van der Waals surface area (Å²) >= 11 is 5.80. The summed E-state index contributed by atoms with van der Waals surface area (Å²) in [5.74, 6) is 1.07. The topological polar surface area (TPSA) is 39.2 Å². The summed E-state index contributed by atoms with van der Waals surface area (Å²) in [6.45, 7) is 0.474. The Morgan fingerprint density at radius 1 is 0.781 bits per heavy atom. The molecule has 160 valence electrons. The first kappa shape index (κ1) is 21.8. The number of Topliss-reactive ketones (excluding diaryl/α,β-unsaturated/α-hetero) is 1. The molecule has 4 rings (SSSR count). The number of rotatable bonds is 9. The van der Waals surface area contributed by atoms with Crippen LogP contribution in [0.15, 0.2) is 97.2 Å². The highest BCUT2D eigenvalue weighted by atomic mass is 35.5. The molecule has 0 radical (unpaired) electrons. The molecule has 0 aliphatic heterocycles. The number of halogens is 1. The first-order chi connectivity index (χ1) is 15.7. The van der Waals surface area contributed by atoms with E-state index in [1.807, 2.05) is 66.7 Å². The molecule has 0 aliphatic rings. The summed E-state index contributed by atoms with van der Waals surface area (Å²) in [7, 11) is 0. The third kappa shape index (κ3) is 6.05. The minimum absolute atomic E-state index is 0.209. The number of nitrogens with zero attached hydrogens (tertiary/aromatic N) is 1. The van der Waals surface area contributed by atoms with Crippen molar-refractivity contribution in [1.29, 1.82) is 0 Å². The third-order valence-corrected chi connectivity index (χ3v) is 5.50. The van der Waals surface area contributed by atoms with Gasteiger partial charge in [0, 0.05) is 24.6 Å². The van der Waals surface area contributed by atoms with Gasteiger partial charge in [0.2, 0.25) is 0 Å². The van der Waals surface area contributed by atoms with Crippen molar-refractivity contribution in [2.24, 2.45) is 0 Å². The summed E-state index contributed by atoms with van der Waals surface area (Å²) in [5, 5.41) is 0.465. The van der Waals surface area contributed by atoms with E-state index in [0.717, 1.165) is 33.6 Å². The molecular weight excluding hydrogens is 418 g/mol. The zero-order valence-electron chi connectivity index (χ0n) is 17.7. The monoisotopic (exact) mass is 441 g/mol. The van der Waals surface area contributed by atoms with Gasteiger partial charge >= 0.3 is 0 Å². The Labute approximate surface area is 193 Å². The maximum absolute atomic E-state index is 12.3. The Hall–Kier alpha value is -3.43. The van der Waals surface area contributed by atoms with Crippen LogP contribution in [0.4, 0.5) is 0 Å². The van der Waals surface area contributed by atoms with E-state index < -0.39 is 0 Å². The highest BCUT2D eigenvalue weighted by molar-refractivity contribution is 6.29. The van der Waals surface area contributed by atoms with Crippen molar-refractivity contribution in [3.8, 4) is 16.9 Å². The quantitative estimate of drug-likeness (QED) is 0.270. The molecular formula is C28H24ClNO2. The van der Waals surface area contributed by atoms with Gasteiger partial charge in [-0.3, -0.25) is 4.79 Å². The molecule has 1 heterocycles. The van der Waals surface area contributed by atoms with E-state index in [9.17, 15) is 4.79 Å². The average molecular weight is 442 g/mol. The summed E-state index contributed by atoms with van der Waals surface area (Å²) in [6, 6.07) is 30.0. The number of ketones is 1. The summed E-state index contributed by atoms with van der Waals surface area (Å²) in [5.41, 5.74) is 5.30. The van der Waals surface area contributed by atoms with Crippen molar-refractivity contribution < 1.29 is 9.53 Å². The zero-order valence-corrected chi connectivity index (χ0v) is 18.5. The number of carbonyl (C=O) groups excluding carboxylic acids is 1. The van der Waals surface area contributed by atoms with Gasteiger partial charge in [0.25, 0.3) is 0 Å². The molecule has 0 saturated heterocycles. The minimum atomic E-state index is 0.209. The summed E-state index contributed by atoms with van der Waals surface area (Å²) < 4.78 is 6.11. The molecule has 0 aliphatic carbocycles. The van der Waals surface area contributed by atoms with Gasteiger partial charge in [-0.1, -0.05) is 90.5 Å². The molecule has 3 aromatic carbocycles. The number of hydrogen-bond acceptors (Lipinski definition) is 3. The van der Waals surface area contributed by atoms with E-state index in [1.54, 1.807) is 12.3 Å². The molecule has 1 aromatic heterocycles. The second-order valence-electron chi connectivity index (χ2n) is 7.67. The smallest absolute Gasteiger partial charge is 0.137 e. The highest BCUT2D eigenvalue weighted by Gasteiger charge is 2.08. The van der Waals surface area contributed by atoms with Crippen molar-refractivity contribution in [3.05, 3.63) is 119 Å². The Kier molecular flexibility index (Phi) is 7.31. The fourth-order valence-corrected chi connectivity index (χ4v) is 3.63. The number of hydrogen-bond donors (Lipinski definition) is 0. The van der Waals surface area contributed by atoms with E-state index in [1.165, 1.54) is 0 Å². The van der Waals surface area contributed by atoms with E-state index in [2.05, 4.69) is 23.2 Å². The minimum Gasteiger partial charge on any atom is -0.488 e. The Morgan fingerprint density at radius 2 is 1.47 bits per heavy atom. The van der Waals surface area contributed by atoms with Gasteiger partial charge in [0.1, 0.15) is 23.3 Å². The number of ether oxygens (including phenoxy) is 1. The second-order valence-corrected chi connectivity index (χ2v) is 8.06. The summed E-state index contributed by atoms with van der Waals surface area (Å²) in [4.78, 5) is 16.4. The molecule has 0 saturated carbocycles. The van der Waals surface area contributed by atoms with Gasteiger partial charge in [-0.25, -0.2) is 4.98 Å². The van der Waals surface area contributed by atoms with Gasteiger partial charge < -0.3 is 4.74 Å². The van der Waals surface area contributed by atoms with Crippen LogP contribution in [0.5, 0.6) is 5.75 Å². The van der Waals surface area contributed by atoms with Gasteiger partial charge in [-0.2, -0.15) is 0 Å². The van der Waals surface area contributed by atoms with Crippen molar-refractivity contribution >= 4 is 17.4 Å². The van der Waals surface area contributed by atoms with Crippen LogP contribution in [0.25, 0.3) is 11.1 Å². The molecule has 0 fully saturated rings. The van der Waals surface area contributed by atoms with Gasteiger partial charge in [-0.05, 0) is 40.8 Å². The summed E-state index contributed by atoms with van der Waals surface area (Å²) in [6.07, 6.45) is 3.32. The number of para-hydroxylation sites is 1. The molecule has 0 bridgehead atoms. The van der Waals surface area contributed by atoms with Gasteiger partial charge in [0.15, 0.2) is 0 Å². The van der Waals surface area contributed by atoms with Crippen LogP contribution >= 0.6 is 11.6 Å². The number of pyridine rings is 1. The second kappa shape index (κ2) is 10.7. The highest BCUT2D eigenvalue weighted by Crippen LogP contribution is 2.30. The maximum atomic E-state index is 12.3. The maximum Gasteiger partial charge on any atom is 0.137 e. The Bertz CT molecular complexity index is 1160. The van der Waals surface area contributed by atoms with E-state index in [0.29, 0.717) is 31.0 Å². The fourth-order valence-electron chi connectivity index (χ4n) is 3.52. The predicted molar refractivity (Wildman–Crippen MR) is 129 cm³/mol. The van der Waals surface area contributed by atoms with Crippen LogP contribution in [0.2, 0.25) is 5.15 Å². The first-order valence-corrected chi connectivity index (χ1v) is 11.0. The van der Waals surface area contributed by atoms with E-state index in [-0.39, 0.29) is 5.78 Å². The van der Waals surface area contributed by atoms with Crippen molar-refractivity contribution in [2.75, 3.05) is 0 Å². The van der Waals surface area contributed by atoms with Gasteiger partial charge in [-0.15, -0.1) is 0 Å². The van der Waals surface area contributed by atoms with E-state index in [4.69, 9.17) is 16.3 Å². The molecule has 0 spiro atoms. The third-order valence-electron chi connectivity index (χ3n) is 5.27. The van der Waals surface area contributed by atoms with Crippen molar-refractivity contribution in [2.45, 2.75) is 25.9 Å². The molecule has 0 atom stereocenters. The number of carbonyl (C=O) groups is 1. The van der Waals surface area contributed by atoms with Crippen LogP contribution in [0.3, 0.4) is 0 Å².